The lowest BCUT2D eigenvalue weighted by Crippen LogP contribution is -2.17. The third kappa shape index (κ3) is 5.32. The summed E-state index contributed by atoms with van der Waals surface area (Å²) in [6, 6.07) is 11.6. The normalized spacial score (nSPS) is 10.4. The summed E-state index contributed by atoms with van der Waals surface area (Å²) >= 11 is 5.83. The number of ether oxygens (including phenoxy) is 1. The van der Waals surface area contributed by atoms with Gasteiger partial charge in [0.1, 0.15) is 17.2 Å². The summed E-state index contributed by atoms with van der Waals surface area (Å²) < 4.78 is 6.80. The maximum absolute atomic E-state index is 12.3. The first-order valence-corrected chi connectivity index (χ1v) is 8.97. The second-order valence-electron chi connectivity index (χ2n) is 6.07. The maximum Gasteiger partial charge on any atom is 0.354 e. The van der Waals surface area contributed by atoms with Gasteiger partial charge in [-0.2, -0.15) is 5.10 Å². The number of non-ortho nitro benzene ring substituents is 1. The molecule has 0 fully saturated rings. The minimum Gasteiger partial charge on any atom is -0.477 e. The van der Waals surface area contributed by atoms with Crippen molar-refractivity contribution in [1.82, 2.24) is 9.78 Å². The number of hydrogen-bond donors (Lipinski definition) is 2. The molecule has 3 rings (SSSR count). The predicted molar refractivity (Wildman–Crippen MR) is 107 cm³/mol. The van der Waals surface area contributed by atoms with Gasteiger partial charge in [-0.25, -0.2) is 4.79 Å². The smallest absolute Gasteiger partial charge is 0.354 e. The van der Waals surface area contributed by atoms with E-state index in [1.807, 2.05) is 0 Å². The molecule has 0 bridgehead atoms. The molecule has 0 radical (unpaired) electrons. The summed E-state index contributed by atoms with van der Waals surface area (Å²) in [4.78, 5) is 34.0. The molecule has 1 heterocycles. The van der Waals surface area contributed by atoms with E-state index < -0.39 is 16.8 Å². The highest BCUT2D eigenvalue weighted by atomic mass is 35.5. The zero-order valence-electron chi connectivity index (χ0n) is 15.3. The number of nitro benzene ring substituents is 1. The van der Waals surface area contributed by atoms with Crippen LogP contribution in [0.15, 0.2) is 54.7 Å². The van der Waals surface area contributed by atoms with Crippen molar-refractivity contribution in [3.8, 4) is 11.5 Å². The highest BCUT2D eigenvalue weighted by molar-refractivity contribution is 6.30. The standard InChI is InChI=1S/C19H15ClN4O6/c20-12-1-3-15(4-2-12)30-16-10-13(9-14(11-16)24(28)29)22-18(25)6-8-23-17(19(26)27)5-7-21-23/h1-5,7,9-11H,6,8H2,(H,22,25)(H,26,27). The molecule has 0 aliphatic heterocycles. The lowest BCUT2D eigenvalue weighted by molar-refractivity contribution is -0.384. The minimum absolute atomic E-state index is 0.0313. The molecule has 0 aliphatic carbocycles. The highest BCUT2D eigenvalue weighted by Gasteiger charge is 2.15. The van der Waals surface area contributed by atoms with Gasteiger partial charge < -0.3 is 15.2 Å². The van der Waals surface area contributed by atoms with Gasteiger partial charge >= 0.3 is 5.97 Å². The number of nitrogens with zero attached hydrogens (tertiary/aromatic N) is 3. The lowest BCUT2D eigenvalue weighted by atomic mass is 10.2. The zero-order chi connectivity index (χ0) is 21.7. The number of benzene rings is 2. The van der Waals surface area contributed by atoms with E-state index >= 15 is 0 Å². The molecule has 0 saturated carbocycles. The van der Waals surface area contributed by atoms with Crippen LogP contribution in [0.3, 0.4) is 0 Å². The zero-order valence-corrected chi connectivity index (χ0v) is 16.1. The number of carbonyl (C=O) groups is 2. The largest absolute Gasteiger partial charge is 0.477 e. The van der Waals surface area contributed by atoms with E-state index in [0.29, 0.717) is 10.8 Å². The minimum atomic E-state index is -1.16. The molecular weight excluding hydrogens is 416 g/mol. The van der Waals surface area contributed by atoms with Crippen molar-refractivity contribution in [3.63, 3.8) is 0 Å². The van der Waals surface area contributed by atoms with Crippen LogP contribution in [0.4, 0.5) is 11.4 Å². The van der Waals surface area contributed by atoms with Crippen molar-refractivity contribution in [2.24, 2.45) is 0 Å². The summed E-state index contributed by atoms with van der Waals surface area (Å²) in [7, 11) is 0. The lowest BCUT2D eigenvalue weighted by Gasteiger charge is -2.10. The third-order valence-corrected chi connectivity index (χ3v) is 4.17. The Balaban J connectivity index is 1.72. The van der Waals surface area contributed by atoms with Crippen LogP contribution in [0.1, 0.15) is 16.9 Å². The number of halogens is 1. The van der Waals surface area contributed by atoms with Crippen molar-refractivity contribution >= 4 is 34.9 Å². The topological polar surface area (TPSA) is 137 Å². The van der Waals surface area contributed by atoms with Crippen LogP contribution in [0, 0.1) is 10.1 Å². The fraction of sp³-hybridized carbons (Fsp3) is 0.105. The first-order valence-electron chi connectivity index (χ1n) is 8.59. The van der Waals surface area contributed by atoms with Crippen LogP contribution in [-0.4, -0.2) is 31.7 Å². The number of nitrogens with one attached hydrogen (secondary N) is 1. The number of hydrogen-bond acceptors (Lipinski definition) is 6. The van der Waals surface area contributed by atoms with E-state index in [-0.39, 0.29) is 35.8 Å². The maximum atomic E-state index is 12.3. The van der Waals surface area contributed by atoms with Gasteiger partial charge in [0.15, 0.2) is 0 Å². The molecule has 2 aromatic carbocycles. The van der Waals surface area contributed by atoms with Gasteiger partial charge in [0, 0.05) is 29.8 Å². The Morgan fingerprint density at radius 1 is 1.17 bits per heavy atom. The molecule has 1 aromatic heterocycles. The third-order valence-electron chi connectivity index (χ3n) is 3.92. The Labute approximate surface area is 174 Å². The van der Waals surface area contributed by atoms with Crippen LogP contribution in [0.2, 0.25) is 5.02 Å². The molecule has 3 aromatic rings. The van der Waals surface area contributed by atoms with E-state index in [0.717, 1.165) is 0 Å². The first-order chi connectivity index (χ1) is 14.3. The molecule has 2 N–H and O–H groups in total. The monoisotopic (exact) mass is 430 g/mol. The Hall–Kier alpha value is -3.92. The molecule has 0 aliphatic rings. The summed E-state index contributed by atoms with van der Waals surface area (Å²) in [5, 5.41) is 27.2. The second kappa shape index (κ2) is 9.05. The van der Waals surface area contributed by atoms with Gasteiger partial charge in [0.25, 0.3) is 5.69 Å². The number of carbonyl (C=O) groups excluding carboxylic acids is 1. The molecule has 11 heteroatoms. The molecule has 30 heavy (non-hydrogen) atoms. The van der Waals surface area contributed by atoms with Crippen molar-refractivity contribution < 1.29 is 24.4 Å². The van der Waals surface area contributed by atoms with Gasteiger partial charge in [-0.3, -0.25) is 19.6 Å². The van der Waals surface area contributed by atoms with Crippen LogP contribution in [0.5, 0.6) is 11.5 Å². The number of rotatable bonds is 8. The van der Waals surface area contributed by atoms with Crippen LogP contribution >= 0.6 is 11.6 Å². The molecule has 1 amide bonds. The van der Waals surface area contributed by atoms with Crippen molar-refractivity contribution in [3.05, 3.63) is 75.6 Å². The van der Waals surface area contributed by atoms with Gasteiger partial charge in [0.2, 0.25) is 5.91 Å². The second-order valence-corrected chi connectivity index (χ2v) is 6.51. The number of carboxylic acid groups (broad SMARTS) is 1. The molecule has 0 unspecified atom stereocenters. The Morgan fingerprint density at radius 2 is 1.90 bits per heavy atom. The van der Waals surface area contributed by atoms with E-state index in [9.17, 15) is 19.7 Å². The van der Waals surface area contributed by atoms with Crippen LogP contribution in [0.25, 0.3) is 0 Å². The van der Waals surface area contributed by atoms with E-state index in [1.165, 1.54) is 35.1 Å². The number of carboxylic acids is 1. The Bertz CT molecular complexity index is 1100. The summed E-state index contributed by atoms with van der Waals surface area (Å²) in [5.41, 5.74) is -0.147. The average Bonchev–Trinajstić information content (AvgIpc) is 3.17. The SMILES string of the molecule is O=C(CCn1nccc1C(=O)O)Nc1cc(Oc2ccc(Cl)cc2)cc([N+](=O)[O-])c1. The van der Waals surface area contributed by atoms with Gasteiger partial charge in [-0.05, 0) is 30.3 Å². The molecule has 0 spiro atoms. The number of amides is 1. The first kappa shape index (κ1) is 20.8. The summed E-state index contributed by atoms with van der Waals surface area (Å²) in [5.74, 6) is -1.06. The molecule has 154 valence electrons. The van der Waals surface area contributed by atoms with Crippen molar-refractivity contribution in [2.75, 3.05) is 5.32 Å². The summed E-state index contributed by atoms with van der Waals surface area (Å²) in [6.07, 6.45) is 1.24. The van der Waals surface area contributed by atoms with Crippen LogP contribution in [-0.2, 0) is 11.3 Å². The van der Waals surface area contributed by atoms with Crippen molar-refractivity contribution in [2.45, 2.75) is 13.0 Å². The van der Waals surface area contributed by atoms with Gasteiger partial charge in [-0.1, -0.05) is 11.6 Å². The Morgan fingerprint density at radius 3 is 2.57 bits per heavy atom. The van der Waals surface area contributed by atoms with E-state index in [2.05, 4.69) is 10.4 Å². The fourth-order valence-corrected chi connectivity index (χ4v) is 2.71. The predicted octanol–water partition coefficient (Wildman–Crippen LogP) is 3.96. The molecule has 0 saturated heterocycles. The summed E-state index contributed by atoms with van der Waals surface area (Å²) in [6.45, 7) is 0.0313. The number of aromatic nitrogens is 2. The average molecular weight is 431 g/mol. The number of nitro groups is 1. The van der Waals surface area contributed by atoms with E-state index in [1.54, 1.807) is 24.3 Å². The van der Waals surface area contributed by atoms with Crippen molar-refractivity contribution in [1.29, 1.82) is 0 Å². The molecular formula is C19H15ClN4O6. The quantitative estimate of drug-likeness (QED) is 0.407. The number of aromatic carboxylic acids is 1. The Kier molecular flexibility index (Phi) is 6.28. The molecule has 10 nitrogen and oxygen atoms in total. The molecule has 0 atom stereocenters. The van der Waals surface area contributed by atoms with Crippen LogP contribution < -0.4 is 10.1 Å². The number of aryl methyl sites for hydroxylation is 1. The van der Waals surface area contributed by atoms with Gasteiger partial charge in [0.05, 0.1) is 23.2 Å². The fourth-order valence-electron chi connectivity index (χ4n) is 2.58. The number of anilines is 1. The highest BCUT2D eigenvalue weighted by Crippen LogP contribution is 2.30. The van der Waals surface area contributed by atoms with E-state index in [4.69, 9.17) is 21.4 Å². The van der Waals surface area contributed by atoms with Gasteiger partial charge in [-0.15, -0.1) is 0 Å².